The molecule has 1 N–H and O–H groups in total. The highest BCUT2D eigenvalue weighted by Crippen LogP contribution is 2.30. The van der Waals surface area contributed by atoms with Gasteiger partial charge in [-0.1, -0.05) is 53.8 Å². The van der Waals surface area contributed by atoms with Gasteiger partial charge in [0.2, 0.25) is 11.0 Å². The summed E-state index contributed by atoms with van der Waals surface area (Å²) in [7, 11) is 0. The van der Waals surface area contributed by atoms with Crippen LogP contribution in [-0.2, 0) is 17.8 Å². The number of thioether (sulfide) groups is 1. The summed E-state index contributed by atoms with van der Waals surface area (Å²) < 4.78 is 7.91. The summed E-state index contributed by atoms with van der Waals surface area (Å²) in [6.07, 6.45) is 0.430. The van der Waals surface area contributed by atoms with E-state index in [0.717, 1.165) is 11.4 Å². The van der Waals surface area contributed by atoms with Gasteiger partial charge in [0.25, 0.3) is 0 Å². The normalized spacial score (nSPS) is 13.1. The second-order valence-corrected chi connectivity index (χ2v) is 9.16. The average Bonchev–Trinajstić information content (AvgIpc) is 3.36. The highest BCUT2D eigenvalue weighted by molar-refractivity contribution is 8.00. The Hall–Kier alpha value is -2.17. The molecule has 11 heteroatoms. The molecule has 0 saturated carbocycles. The van der Waals surface area contributed by atoms with Gasteiger partial charge in [-0.3, -0.25) is 10.1 Å². The van der Waals surface area contributed by atoms with E-state index in [0.29, 0.717) is 33.4 Å². The van der Waals surface area contributed by atoms with Gasteiger partial charge in [0.05, 0.1) is 10.3 Å². The molecular formula is C19H23ClN6O2S2. The van der Waals surface area contributed by atoms with Crippen LogP contribution in [0.2, 0.25) is 5.02 Å². The van der Waals surface area contributed by atoms with Crippen molar-refractivity contribution in [3.63, 3.8) is 0 Å². The molecule has 0 spiro atoms. The number of nitrogens with one attached hydrogen (secondary N) is 1. The Morgan fingerprint density at radius 2 is 2.00 bits per heavy atom. The SMILES string of the molecule is CCc1nnc(NC(=O)C(C)Sc2nnc(C(C)Oc3ccccc3Cl)n2CC)s1. The van der Waals surface area contributed by atoms with Crippen molar-refractivity contribution in [2.24, 2.45) is 0 Å². The van der Waals surface area contributed by atoms with Crippen LogP contribution in [0.25, 0.3) is 0 Å². The summed E-state index contributed by atoms with van der Waals surface area (Å²) >= 11 is 8.90. The van der Waals surface area contributed by atoms with Crippen LogP contribution in [0.3, 0.4) is 0 Å². The van der Waals surface area contributed by atoms with Crippen LogP contribution >= 0.6 is 34.7 Å². The lowest BCUT2D eigenvalue weighted by molar-refractivity contribution is -0.115. The lowest BCUT2D eigenvalue weighted by Gasteiger charge is -2.17. The first-order valence-corrected chi connectivity index (χ1v) is 11.6. The topological polar surface area (TPSA) is 94.8 Å². The summed E-state index contributed by atoms with van der Waals surface area (Å²) in [4.78, 5) is 12.5. The number of aromatic nitrogens is 5. The molecule has 0 bridgehead atoms. The van der Waals surface area contributed by atoms with Gasteiger partial charge in [0.1, 0.15) is 10.8 Å². The molecule has 0 aliphatic rings. The molecule has 2 heterocycles. The molecule has 0 aliphatic carbocycles. The molecule has 30 heavy (non-hydrogen) atoms. The minimum atomic E-state index is -0.388. The number of benzene rings is 1. The summed E-state index contributed by atoms with van der Waals surface area (Å²) in [5.74, 6) is 1.10. The van der Waals surface area contributed by atoms with E-state index in [2.05, 4.69) is 25.7 Å². The average molecular weight is 467 g/mol. The van der Waals surface area contributed by atoms with E-state index < -0.39 is 0 Å². The molecule has 0 saturated heterocycles. The molecule has 3 rings (SSSR count). The van der Waals surface area contributed by atoms with Gasteiger partial charge >= 0.3 is 0 Å². The first-order chi connectivity index (χ1) is 14.4. The predicted octanol–water partition coefficient (Wildman–Crippen LogP) is 4.62. The fourth-order valence-corrected chi connectivity index (χ4v) is 4.42. The van der Waals surface area contributed by atoms with Gasteiger partial charge in [-0.05, 0) is 39.3 Å². The monoisotopic (exact) mass is 466 g/mol. The number of aryl methyl sites for hydroxylation is 1. The van der Waals surface area contributed by atoms with E-state index in [9.17, 15) is 4.79 Å². The minimum Gasteiger partial charge on any atom is -0.481 e. The number of rotatable bonds is 9. The first kappa shape index (κ1) is 22.5. The molecule has 0 aliphatic heterocycles. The van der Waals surface area contributed by atoms with Gasteiger partial charge in [-0.2, -0.15) is 0 Å². The van der Waals surface area contributed by atoms with Crippen LogP contribution in [-0.4, -0.2) is 36.1 Å². The zero-order valence-electron chi connectivity index (χ0n) is 17.1. The Kier molecular flexibility index (Phi) is 7.68. The van der Waals surface area contributed by atoms with E-state index in [1.165, 1.54) is 23.1 Å². The molecule has 2 unspecified atom stereocenters. The Balaban J connectivity index is 1.68. The van der Waals surface area contributed by atoms with Crippen LogP contribution < -0.4 is 10.1 Å². The third-order valence-corrected chi connectivity index (χ3v) is 6.59. The molecule has 0 fully saturated rings. The van der Waals surface area contributed by atoms with E-state index >= 15 is 0 Å². The van der Waals surface area contributed by atoms with E-state index in [1.807, 2.05) is 50.5 Å². The molecule has 1 aromatic carbocycles. The van der Waals surface area contributed by atoms with E-state index in [-0.39, 0.29) is 17.3 Å². The van der Waals surface area contributed by atoms with Gasteiger partial charge in [-0.25, -0.2) is 0 Å². The molecule has 2 atom stereocenters. The first-order valence-electron chi connectivity index (χ1n) is 9.57. The van der Waals surface area contributed by atoms with Gasteiger partial charge in [0, 0.05) is 6.54 Å². The van der Waals surface area contributed by atoms with Crippen molar-refractivity contribution >= 4 is 45.7 Å². The predicted molar refractivity (Wildman–Crippen MR) is 119 cm³/mol. The summed E-state index contributed by atoms with van der Waals surface area (Å²) in [5, 5.41) is 21.6. The number of carbonyl (C=O) groups is 1. The highest BCUT2D eigenvalue weighted by Gasteiger charge is 2.23. The molecule has 0 radical (unpaired) electrons. The maximum absolute atomic E-state index is 12.5. The van der Waals surface area contributed by atoms with Crippen molar-refractivity contribution in [3.8, 4) is 5.75 Å². The zero-order chi connectivity index (χ0) is 21.7. The van der Waals surface area contributed by atoms with Crippen LogP contribution in [0.5, 0.6) is 5.75 Å². The van der Waals surface area contributed by atoms with Gasteiger partial charge in [0.15, 0.2) is 17.1 Å². The van der Waals surface area contributed by atoms with Crippen molar-refractivity contribution in [1.29, 1.82) is 0 Å². The maximum atomic E-state index is 12.5. The number of nitrogens with zero attached hydrogens (tertiary/aromatic N) is 5. The standard InChI is InChI=1S/C19H23ClN6O2S2/c1-5-15-22-24-18(30-15)21-17(27)12(4)29-19-25-23-16(26(19)6-2)11(3)28-14-10-8-7-9-13(14)20/h7-12H,5-6H2,1-4H3,(H,21,24,27). The fraction of sp³-hybridized carbons (Fsp3) is 0.421. The molecular weight excluding hydrogens is 444 g/mol. The van der Waals surface area contributed by atoms with Crippen molar-refractivity contribution < 1.29 is 9.53 Å². The summed E-state index contributed by atoms with van der Waals surface area (Å²) in [5.41, 5.74) is 0. The molecule has 3 aromatic rings. The van der Waals surface area contributed by atoms with Gasteiger partial charge < -0.3 is 9.30 Å². The Bertz CT molecular complexity index is 1010. The van der Waals surface area contributed by atoms with Crippen molar-refractivity contribution in [1.82, 2.24) is 25.0 Å². The number of ether oxygens (including phenoxy) is 1. The number of hydrogen-bond donors (Lipinski definition) is 1. The van der Waals surface area contributed by atoms with Crippen molar-refractivity contribution in [3.05, 3.63) is 40.1 Å². The Morgan fingerprint density at radius 3 is 2.67 bits per heavy atom. The van der Waals surface area contributed by atoms with Crippen LogP contribution in [0.15, 0.2) is 29.4 Å². The quantitative estimate of drug-likeness (QED) is 0.459. The molecule has 1 amide bonds. The second-order valence-electron chi connectivity index (χ2n) is 6.38. The second kappa shape index (κ2) is 10.2. The lowest BCUT2D eigenvalue weighted by Crippen LogP contribution is -2.23. The molecule has 8 nitrogen and oxygen atoms in total. The Morgan fingerprint density at radius 1 is 1.23 bits per heavy atom. The molecule has 2 aromatic heterocycles. The number of anilines is 1. The van der Waals surface area contributed by atoms with E-state index in [1.54, 1.807) is 6.07 Å². The highest BCUT2D eigenvalue weighted by atomic mass is 35.5. The van der Waals surface area contributed by atoms with Crippen molar-refractivity contribution in [2.45, 2.75) is 57.2 Å². The van der Waals surface area contributed by atoms with E-state index in [4.69, 9.17) is 16.3 Å². The largest absolute Gasteiger partial charge is 0.481 e. The van der Waals surface area contributed by atoms with Crippen LogP contribution in [0.1, 0.15) is 44.6 Å². The smallest absolute Gasteiger partial charge is 0.239 e. The Labute approximate surface area is 188 Å². The number of para-hydroxylation sites is 1. The molecule has 160 valence electrons. The number of halogens is 1. The zero-order valence-corrected chi connectivity index (χ0v) is 19.5. The number of amides is 1. The van der Waals surface area contributed by atoms with Crippen molar-refractivity contribution in [2.75, 3.05) is 5.32 Å². The number of carbonyl (C=O) groups excluding carboxylic acids is 1. The third kappa shape index (κ3) is 5.30. The maximum Gasteiger partial charge on any atom is 0.239 e. The summed E-state index contributed by atoms with van der Waals surface area (Å²) in [6, 6.07) is 7.30. The van der Waals surface area contributed by atoms with Crippen LogP contribution in [0.4, 0.5) is 5.13 Å². The lowest BCUT2D eigenvalue weighted by atomic mass is 10.3. The summed E-state index contributed by atoms with van der Waals surface area (Å²) in [6.45, 7) is 8.35. The van der Waals surface area contributed by atoms with Gasteiger partial charge in [-0.15, -0.1) is 20.4 Å². The van der Waals surface area contributed by atoms with Crippen LogP contribution in [0, 0.1) is 0 Å². The third-order valence-electron chi connectivity index (χ3n) is 4.22. The number of hydrogen-bond acceptors (Lipinski definition) is 8. The fourth-order valence-electron chi connectivity index (χ4n) is 2.63. The minimum absolute atomic E-state index is 0.161.